The maximum Gasteiger partial charge on any atom is 0.183 e. The van der Waals surface area contributed by atoms with E-state index < -0.39 is 0 Å². The summed E-state index contributed by atoms with van der Waals surface area (Å²) in [5.74, 6) is 2.29. The Bertz CT molecular complexity index is 1220. The molecule has 4 aromatic heterocycles. The van der Waals surface area contributed by atoms with Crippen LogP contribution in [0.15, 0.2) is 42.9 Å². The van der Waals surface area contributed by atoms with Crippen LogP contribution in [0.1, 0.15) is 24.6 Å². The highest BCUT2D eigenvalue weighted by molar-refractivity contribution is 5.87. The highest BCUT2D eigenvalue weighted by Crippen LogP contribution is 2.34. The van der Waals surface area contributed by atoms with Crippen molar-refractivity contribution in [2.45, 2.75) is 32.2 Å². The summed E-state index contributed by atoms with van der Waals surface area (Å²) in [6.07, 6.45) is 8.11. The Morgan fingerprint density at radius 1 is 1.19 bits per heavy atom. The predicted octanol–water partition coefficient (Wildman–Crippen LogP) is 2.88. The predicted molar refractivity (Wildman–Crippen MR) is 121 cm³/mol. The molecule has 9 nitrogen and oxygen atoms in total. The Morgan fingerprint density at radius 3 is 2.90 bits per heavy atom. The van der Waals surface area contributed by atoms with Gasteiger partial charge in [0.1, 0.15) is 5.82 Å². The van der Waals surface area contributed by atoms with Gasteiger partial charge in [-0.15, -0.1) is 0 Å². The summed E-state index contributed by atoms with van der Waals surface area (Å²) in [7, 11) is 1.94. The first-order valence-corrected chi connectivity index (χ1v) is 10.5. The van der Waals surface area contributed by atoms with Crippen molar-refractivity contribution in [3.63, 3.8) is 0 Å². The molecule has 3 N–H and O–H groups in total. The van der Waals surface area contributed by atoms with E-state index in [1.165, 1.54) is 0 Å². The molecular weight excluding hydrogens is 390 g/mol. The SMILES string of the molecule is C[C@@H](N)Cc1cccnc1N(C)c1cnc2c(N3CCCc4ncccc43)n[nH]c2n1. The van der Waals surface area contributed by atoms with Crippen molar-refractivity contribution in [2.75, 3.05) is 23.4 Å². The lowest BCUT2D eigenvalue weighted by Crippen LogP contribution is -2.25. The summed E-state index contributed by atoms with van der Waals surface area (Å²) in [5.41, 5.74) is 10.6. The van der Waals surface area contributed by atoms with Gasteiger partial charge in [-0.25, -0.2) is 15.0 Å². The number of fused-ring (bicyclic) bond motifs is 2. The fourth-order valence-electron chi connectivity index (χ4n) is 4.09. The molecule has 0 bridgehead atoms. The molecule has 4 aromatic rings. The molecule has 0 aromatic carbocycles. The molecule has 0 amide bonds. The lowest BCUT2D eigenvalue weighted by atomic mass is 10.1. The van der Waals surface area contributed by atoms with Crippen molar-refractivity contribution in [1.29, 1.82) is 0 Å². The molecule has 0 aliphatic carbocycles. The average molecular weight is 416 g/mol. The van der Waals surface area contributed by atoms with Crippen LogP contribution in [-0.2, 0) is 12.8 Å². The van der Waals surface area contributed by atoms with Gasteiger partial charge in [0.2, 0.25) is 0 Å². The average Bonchev–Trinajstić information content (AvgIpc) is 3.21. The van der Waals surface area contributed by atoms with E-state index in [0.717, 1.165) is 59.9 Å². The third kappa shape index (κ3) is 3.57. The number of rotatable bonds is 5. The number of aryl methyl sites for hydroxylation is 1. The number of hydrogen-bond donors (Lipinski definition) is 2. The lowest BCUT2D eigenvalue weighted by molar-refractivity contribution is 0.734. The van der Waals surface area contributed by atoms with E-state index >= 15 is 0 Å². The zero-order chi connectivity index (χ0) is 21.4. The van der Waals surface area contributed by atoms with Crippen molar-refractivity contribution in [2.24, 2.45) is 5.73 Å². The number of aromatic amines is 1. The standard InChI is InChI=1S/C22H25N9/c1-14(23)12-15-6-3-10-25-21(15)30(2)18-13-26-19-20(27-18)28-29-22(19)31-11-5-7-16-17(31)8-4-9-24-16/h3-4,6,8-10,13-14H,5,7,11-12,23H2,1-2H3,(H,27,28,29)/t14-/m1/s1. The molecule has 5 rings (SSSR count). The molecule has 0 spiro atoms. The van der Waals surface area contributed by atoms with E-state index in [1.54, 1.807) is 12.4 Å². The minimum atomic E-state index is 0.0435. The van der Waals surface area contributed by atoms with Crippen LogP contribution in [0.3, 0.4) is 0 Å². The van der Waals surface area contributed by atoms with Gasteiger partial charge in [0.15, 0.2) is 22.8 Å². The quantitative estimate of drug-likeness (QED) is 0.512. The van der Waals surface area contributed by atoms with Crippen molar-refractivity contribution in [3.05, 3.63) is 54.1 Å². The van der Waals surface area contributed by atoms with Gasteiger partial charge in [-0.2, -0.15) is 5.10 Å². The Labute approximate surface area is 180 Å². The third-order valence-electron chi connectivity index (χ3n) is 5.52. The Kier molecular flexibility index (Phi) is 4.95. The number of aromatic nitrogens is 6. The summed E-state index contributed by atoms with van der Waals surface area (Å²) < 4.78 is 0. The van der Waals surface area contributed by atoms with Gasteiger partial charge in [-0.3, -0.25) is 10.1 Å². The Morgan fingerprint density at radius 2 is 2.03 bits per heavy atom. The van der Waals surface area contributed by atoms with Crippen LogP contribution in [0.2, 0.25) is 0 Å². The van der Waals surface area contributed by atoms with Crippen molar-refractivity contribution in [3.8, 4) is 0 Å². The number of nitrogens with two attached hydrogens (primary N) is 1. The monoisotopic (exact) mass is 415 g/mol. The molecule has 0 unspecified atom stereocenters. The van der Waals surface area contributed by atoms with Gasteiger partial charge in [0.05, 0.1) is 17.6 Å². The van der Waals surface area contributed by atoms with Gasteiger partial charge in [0.25, 0.3) is 0 Å². The smallest absolute Gasteiger partial charge is 0.183 e. The molecule has 0 saturated carbocycles. The largest absolute Gasteiger partial charge is 0.328 e. The second kappa shape index (κ2) is 7.92. The molecular formula is C22H25N9. The van der Waals surface area contributed by atoms with E-state index in [-0.39, 0.29) is 6.04 Å². The normalized spacial score (nSPS) is 14.5. The topological polar surface area (TPSA) is 113 Å². The van der Waals surface area contributed by atoms with Crippen LogP contribution in [0, 0.1) is 0 Å². The molecule has 9 heteroatoms. The highest BCUT2D eigenvalue weighted by atomic mass is 15.3. The zero-order valence-corrected chi connectivity index (χ0v) is 17.7. The lowest BCUT2D eigenvalue weighted by Gasteiger charge is -2.28. The number of anilines is 4. The van der Waals surface area contributed by atoms with Gasteiger partial charge < -0.3 is 15.5 Å². The Balaban J connectivity index is 1.50. The molecule has 1 aliphatic rings. The van der Waals surface area contributed by atoms with E-state index in [1.807, 2.05) is 43.3 Å². The third-order valence-corrected chi connectivity index (χ3v) is 5.52. The second-order valence-corrected chi connectivity index (χ2v) is 7.92. The molecule has 31 heavy (non-hydrogen) atoms. The second-order valence-electron chi connectivity index (χ2n) is 7.92. The van der Waals surface area contributed by atoms with E-state index in [9.17, 15) is 0 Å². The van der Waals surface area contributed by atoms with E-state index in [0.29, 0.717) is 11.5 Å². The van der Waals surface area contributed by atoms with Gasteiger partial charge >= 0.3 is 0 Å². The van der Waals surface area contributed by atoms with E-state index in [4.69, 9.17) is 15.7 Å². The first-order chi connectivity index (χ1) is 15.1. The highest BCUT2D eigenvalue weighted by Gasteiger charge is 2.24. The molecule has 0 saturated heterocycles. The number of hydrogen-bond acceptors (Lipinski definition) is 8. The zero-order valence-electron chi connectivity index (χ0n) is 17.7. The number of H-pyrrole nitrogens is 1. The fraction of sp³-hybridized carbons (Fsp3) is 0.318. The number of nitrogens with one attached hydrogen (secondary N) is 1. The molecule has 5 heterocycles. The number of nitrogens with zero attached hydrogens (tertiary/aromatic N) is 7. The molecule has 1 atom stereocenters. The summed E-state index contributed by atoms with van der Waals surface area (Å²) in [4.78, 5) is 22.7. The van der Waals surface area contributed by atoms with E-state index in [2.05, 4.69) is 31.1 Å². The molecule has 0 fully saturated rings. The molecule has 0 radical (unpaired) electrons. The summed E-state index contributed by atoms with van der Waals surface area (Å²) in [6, 6.07) is 8.05. The Hall–Kier alpha value is -3.59. The van der Waals surface area contributed by atoms with Crippen LogP contribution in [0.25, 0.3) is 11.2 Å². The fourth-order valence-corrected chi connectivity index (χ4v) is 4.09. The van der Waals surface area contributed by atoms with Crippen LogP contribution >= 0.6 is 0 Å². The van der Waals surface area contributed by atoms with Crippen LogP contribution in [-0.4, -0.2) is 49.8 Å². The summed E-state index contributed by atoms with van der Waals surface area (Å²) in [6.45, 7) is 2.86. The van der Waals surface area contributed by atoms with Crippen molar-refractivity contribution >= 4 is 34.3 Å². The van der Waals surface area contributed by atoms with Gasteiger partial charge in [-0.1, -0.05) is 6.07 Å². The summed E-state index contributed by atoms with van der Waals surface area (Å²) >= 11 is 0. The maximum absolute atomic E-state index is 6.02. The van der Waals surface area contributed by atoms with Gasteiger partial charge in [0, 0.05) is 32.0 Å². The first kappa shape index (κ1) is 19.4. The summed E-state index contributed by atoms with van der Waals surface area (Å²) in [5, 5.41) is 7.60. The number of pyridine rings is 2. The van der Waals surface area contributed by atoms with Crippen LogP contribution in [0.4, 0.5) is 23.1 Å². The minimum Gasteiger partial charge on any atom is -0.328 e. The van der Waals surface area contributed by atoms with Crippen LogP contribution in [0.5, 0.6) is 0 Å². The van der Waals surface area contributed by atoms with Gasteiger partial charge in [-0.05, 0) is 49.9 Å². The van der Waals surface area contributed by atoms with Crippen LogP contribution < -0.4 is 15.5 Å². The molecule has 158 valence electrons. The maximum atomic E-state index is 6.02. The first-order valence-electron chi connectivity index (χ1n) is 10.5. The molecule has 1 aliphatic heterocycles. The van der Waals surface area contributed by atoms with Crippen molar-refractivity contribution in [1.82, 2.24) is 30.1 Å². The van der Waals surface area contributed by atoms with Crippen molar-refractivity contribution < 1.29 is 0 Å². The minimum absolute atomic E-state index is 0.0435.